The van der Waals surface area contributed by atoms with E-state index in [1.54, 1.807) is 0 Å². The van der Waals surface area contributed by atoms with Gasteiger partial charge in [0.1, 0.15) is 0 Å². The summed E-state index contributed by atoms with van der Waals surface area (Å²) in [6.07, 6.45) is 0. The highest BCUT2D eigenvalue weighted by atomic mass is 14.5. The van der Waals surface area contributed by atoms with E-state index in [2.05, 4.69) is 125 Å². The molecule has 0 radical (unpaired) electrons. The van der Waals surface area contributed by atoms with Crippen molar-refractivity contribution in [2.75, 3.05) is 0 Å². The van der Waals surface area contributed by atoms with Crippen LogP contribution < -0.4 is 0 Å². The van der Waals surface area contributed by atoms with E-state index in [0.29, 0.717) is 0 Å². The van der Waals surface area contributed by atoms with Crippen LogP contribution in [0.25, 0.3) is 65.3 Å². The van der Waals surface area contributed by atoms with E-state index in [-0.39, 0.29) is 10.8 Å². The molecule has 2 aliphatic carbocycles. The van der Waals surface area contributed by atoms with E-state index in [9.17, 15) is 0 Å². The number of hydrogen-bond donors (Lipinski definition) is 0. The smallest absolute Gasteiger partial charge is 0.0159 e. The molecule has 0 aliphatic heterocycles. The summed E-state index contributed by atoms with van der Waals surface area (Å²) in [6.45, 7) is 9.66. The molecular weight excluding hydrogens is 456 g/mol. The fourth-order valence-corrected chi connectivity index (χ4v) is 8.01. The van der Waals surface area contributed by atoms with Gasteiger partial charge in [0, 0.05) is 10.8 Å². The van der Waals surface area contributed by atoms with Crippen molar-refractivity contribution >= 4 is 43.1 Å². The van der Waals surface area contributed by atoms with Crippen LogP contribution in [0.5, 0.6) is 0 Å². The molecule has 0 heterocycles. The van der Waals surface area contributed by atoms with E-state index in [0.717, 1.165) is 0 Å². The first-order valence-electron chi connectivity index (χ1n) is 13.8. The number of rotatable bonds is 0. The minimum absolute atomic E-state index is 0.0292. The van der Waals surface area contributed by atoms with Crippen LogP contribution in [0.4, 0.5) is 0 Å². The zero-order chi connectivity index (χ0) is 25.6. The summed E-state index contributed by atoms with van der Waals surface area (Å²) in [6, 6.07) is 37.2. The van der Waals surface area contributed by atoms with Crippen molar-refractivity contribution in [3.8, 4) is 22.3 Å². The summed E-state index contributed by atoms with van der Waals surface area (Å²) >= 11 is 0. The second kappa shape index (κ2) is 6.45. The zero-order valence-electron chi connectivity index (χ0n) is 22.2. The van der Waals surface area contributed by atoms with Crippen LogP contribution in [0.3, 0.4) is 0 Å². The molecule has 38 heavy (non-hydrogen) atoms. The van der Waals surface area contributed by atoms with Crippen LogP contribution >= 0.6 is 0 Å². The highest BCUT2D eigenvalue weighted by Crippen LogP contribution is 2.59. The third-order valence-corrected chi connectivity index (χ3v) is 9.97. The molecule has 7 aromatic rings. The summed E-state index contributed by atoms with van der Waals surface area (Å²) in [5.74, 6) is 0. The van der Waals surface area contributed by atoms with Crippen molar-refractivity contribution in [1.29, 1.82) is 0 Å². The largest absolute Gasteiger partial charge is 0.0616 e. The Hall–Kier alpha value is -4.16. The Labute approximate surface area is 222 Å². The van der Waals surface area contributed by atoms with Gasteiger partial charge in [-0.2, -0.15) is 0 Å². The predicted octanol–water partition coefficient (Wildman–Crippen LogP) is 10.3. The van der Waals surface area contributed by atoms with Crippen molar-refractivity contribution in [3.05, 3.63) is 119 Å². The predicted molar refractivity (Wildman–Crippen MR) is 163 cm³/mol. The highest BCUT2D eigenvalue weighted by molar-refractivity contribution is 6.26. The zero-order valence-corrected chi connectivity index (χ0v) is 22.2. The minimum Gasteiger partial charge on any atom is -0.0616 e. The lowest BCUT2D eigenvalue weighted by molar-refractivity contribution is 0.640. The van der Waals surface area contributed by atoms with Crippen molar-refractivity contribution < 1.29 is 0 Å². The molecule has 0 nitrogen and oxygen atoms in total. The first-order chi connectivity index (χ1) is 18.4. The maximum atomic E-state index is 2.56. The molecule has 9 rings (SSSR count). The minimum atomic E-state index is -0.0585. The van der Waals surface area contributed by atoms with Gasteiger partial charge in [-0.1, -0.05) is 113 Å². The lowest BCUT2D eigenvalue weighted by Crippen LogP contribution is -2.18. The van der Waals surface area contributed by atoms with Gasteiger partial charge in [-0.15, -0.1) is 0 Å². The Bertz CT molecular complexity index is 2150. The number of fused-ring (bicyclic) bond motifs is 9. The van der Waals surface area contributed by atoms with Gasteiger partial charge in [0.05, 0.1) is 0 Å². The Morgan fingerprint density at radius 3 is 1.79 bits per heavy atom. The molecule has 0 atom stereocenters. The summed E-state index contributed by atoms with van der Waals surface area (Å²) < 4.78 is 0. The van der Waals surface area contributed by atoms with Crippen LogP contribution in [0, 0.1) is 0 Å². The molecule has 0 spiro atoms. The van der Waals surface area contributed by atoms with Crippen LogP contribution in [0.1, 0.15) is 49.9 Å². The van der Waals surface area contributed by atoms with E-state index < -0.39 is 0 Å². The van der Waals surface area contributed by atoms with E-state index in [1.807, 2.05) is 0 Å². The average Bonchev–Trinajstić information content (AvgIpc) is 3.29. The van der Waals surface area contributed by atoms with Crippen molar-refractivity contribution in [3.63, 3.8) is 0 Å². The van der Waals surface area contributed by atoms with Crippen molar-refractivity contribution in [2.24, 2.45) is 0 Å². The average molecular weight is 485 g/mol. The van der Waals surface area contributed by atoms with Gasteiger partial charge < -0.3 is 0 Å². The van der Waals surface area contributed by atoms with Gasteiger partial charge in [-0.05, 0) is 99.7 Å². The van der Waals surface area contributed by atoms with E-state index >= 15 is 0 Å². The van der Waals surface area contributed by atoms with Crippen LogP contribution in [-0.2, 0) is 10.8 Å². The summed E-state index contributed by atoms with van der Waals surface area (Å²) in [5, 5.41) is 10.9. The molecule has 0 unspecified atom stereocenters. The Balaban J connectivity index is 1.45. The first-order valence-corrected chi connectivity index (χ1v) is 13.8. The molecule has 0 N–H and O–H groups in total. The molecule has 0 saturated carbocycles. The summed E-state index contributed by atoms with van der Waals surface area (Å²) in [7, 11) is 0. The molecular formula is C38H28. The van der Waals surface area contributed by atoms with Crippen molar-refractivity contribution in [2.45, 2.75) is 38.5 Å². The fraction of sp³-hybridized carbons (Fsp3) is 0.158. The van der Waals surface area contributed by atoms with Crippen LogP contribution in [0.15, 0.2) is 97.1 Å². The molecule has 180 valence electrons. The third-order valence-electron chi connectivity index (χ3n) is 9.97. The molecule has 0 fully saturated rings. The fourth-order valence-electron chi connectivity index (χ4n) is 8.01. The standard InChI is InChI=1S/C38H28/c1-37(2)29-17-15-21-8-5-6-11-25(21)35(29)27-19-28-31(20-30(27)37)38(3,4)32-18-24-13-12-22-9-7-10-23-14-16-26(36(28)32)34(24)33(22)23/h5-20H,1-4H3. The normalized spacial score (nSPS) is 16.3. The third kappa shape index (κ3) is 2.26. The van der Waals surface area contributed by atoms with Gasteiger partial charge in [0.25, 0.3) is 0 Å². The van der Waals surface area contributed by atoms with Crippen molar-refractivity contribution in [1.82, 2.24) is 0 Å². The monoisotopic (exact) mass is 484 g/mol. The van der Waals surface area contributed by atoms with Gasteiger partial charge in [0.15, 0.2) is 0 Å². The topological polar surface area (TPSA) is 0 Å². The SMILES string of the molecule is CC1(C)c2cc3c(cc2-c2c1ccc1ccccc21)-c1c(cc2ccc4cccc5ccc1c2c45)C3(C)C. The molecule has 0 saturated heterocycles. The molecule has 0 bridgehead atoms. The lowest BCUT2D eigenvalue weighted by atomic mass is 9.77. The number of benzene rings is 7. The number of hydrogen-bond acceptors (Lipinski definition) is 0. The van der Waals surface area contributed by atoms with Gasteiger partial charge in [-0.25, -0.2) is 0 Å². The first kappa shape index (κ1) is 20.8. The molecule has 0 heteroatoms. The molecule has 7 aromatic carbocycles. The van der Waals surface area contributed by atoms with E-state index in [4.69, 9.17) is 0 Å². The second-order valence-corrected chi connectivity index (χ2v) is 12.6. The summed E-state index contributed by atoms with van der Waals surface area (Å²) in [5.41, 5.74) is 11.4. The quantitative estimate of drug-likeness (QED) is 0.188. The maximum Gasteiger partial charge on any atom is 0.0159 e. The van der Waals surface area contributed by atoms with Gasteiger partial charge in [-0.3, -0.25) is 0 Å². The van der Waals surface area contributed by atoms with Crippen LogP contribution in [0.2, 0.25) is 0 Å². The Morgan fingerprint density at radius 2 is 1.00 bits per heavy atom. The molecule has 0 aromatic heterocycles. The molecule has 2 aliphatic rings. The second-order valence-electron chi connectivity index (χ2n) is 12.6. The van der Waals surface area contributed by atoms with Gasteiger partial charge >= 0.3 is 0 Å². The highest BCUT2D eigenvalue weighted by Gasteiger charge is 2.43. The molecule has 0 amide bonds. The Morgan fingerprint density at radius 1 is 0.395 bits per heavy atom. The van der Waals surface area contributed by atoms with E-state index in [1.165, 1.54) is 87.6 Å². The lowest BCUT2D eigenvalue weighted by Gasteiger charge is -2.26. The maximum absolute atomic E-state index is 2.56. The van der Waals surface area contributed by atoms with Crippen LogP contribution in [-0.4, -0.2) is 0 Å². The summed E-state index contributed by atoms with van der Waals surface area (Å²) in [4.78, 5) is 0. The van der Waals surface area contributed by atoms with Gasteiger partial charge in [0.2, 0.25) is 0 Å². The Kier molecular flexibility index (Phi) is 3.54.